The van der Waals surface area contributed by atoms with E-state index in [1.54, 1.807) is 12.1 Å². The summed E-state index contributed by atoms with van der Waals surface area (Å²) in [6.07, 6.45) is 0.153. The van der Waals surface area contributed by atoms with Gasteiger partial charge in [-0.25, -0.2) is 0 Å². The summed E-state index contributed by atoms with van der Waals surface area (Å²) in [5.41, 5.74) is 0.239. The summed E-state index contributed by atoms with van der Waals surface area (Å²) in [4.78, 5) is 34.8. The lowest BCUT2D eigenvalue weighted by Crippen LogP contribution is -2.15. The van der Waals surface area contributed by atoms with Gasteiger partial charge < -0.3 is 5.32 Å². The number of amides is 1. The van der Waals surface area contributed by atoms with Crippen LogP contribution in [-0.4, -0.2) is 16.6 Å². The van der Waals surface area contributed by atoms with E-state index in [2.05, 4.69) is 5.32 Å². The van der Waals surface area contributed by atoms with Crippen molar-refractivity contribution in [1.82, 2.24) is 0 Å². The molecular formula is C19H15Cl2N3O4. The predicted molar refractivity (Wildman–Crippen MR) is 105 cm³/mol. The molecule has 0 aliphatic rings. The number of nitrogens with zero attached hydrogens (tertiary/aromatic N) is 2. The van der Waals surface area contributed by atoms with Crippen LogP contribution in [-0.2, 0) is 9.59 Å². The summed E-state index contributed by atoms with van der Waals surface area (Å²) < 4.78 is 0. The third-order valence-corrected chi connectivity index (χ3v) is 4.49. The highest BCUT2D eigenvalue weighted by Gasteiger charge is 2.23. The third kappa shape index (κ3) is 5.52. The van der Waals surface area contributed by atoms with Crippen molar-refractivity contribution in [2.75, 3.05) is 5.32 Å². The maximum Gasteiger partial charge on any atom is 0.292 e. The van der Waals surface area contributed by atoms with Crippen molar-refractivity contribution >= 4 is 46.3 Å². The van der Waals surface area contributed by atoms with E-state index in [0.717, 1.165) is 0 Å². The molecular weight excluding hydrogens is 405 g/mol. The first-order valence-corrected chi connectivity index (χ1v) is 8.99. The Hall–Kier alpha value is -2.95. The molecule has 0 aliphatic carbocycles. The summed E-state index contributed by atoms with van der Waals surface area (Å²) >= 11 is 11.9. The van der Waals surface area contributed by atoms with Crippen molar-refractivity contribution in [2.45, 2.75) is 25.2 Å². The smallest absolute Gasteiger partial charge is 0.292 e. The number of hydrogen-bond acceptors (Lipinski definition) is 5. The summed E-state index contributed by atoms with van der Waals surface area (Å²) in [7, 11) is 0. The van der Waals surface area contributed by atoms with Gasteiger partial charge in [0.2, 0.25) is 5.91 Å². The zero-order valence-corrected chi connectivity index (χ0v) is 16.0. The van der Waals surface area contributed by atoms with Crippen LogP contribution >= 0.6 is 23.2 Å². The molecule has 0 spiro atoms. The van der Waals surface area contributed by atoms with Gasteiger partial charge in [0, 0.05) is 29.0 Å². The first kappa shape index (κ1) is 21.4. The maximum atomic E-state index is 12.4. The number of rotatable bonds is 8. The molecule has 1 amide bonds. The number of anilines is 1. The Morgan fingerprint density at radius 1 is 1.18 bits per heavy atom. The number of nitro groups is 1. The van der Waals surface area contributed by atoms with Gasteiger partial charge >= 0.3 is 0 Å². The SMILES string of the molecule is N#C[C@H](C(=O)CCCC(=O)Nc1ccccc1[N+](=O)[O-])c1ccc(Cl)cc1Cl. The number of Topliss-reactive ketones (excluding diaryl/α,β-unsaturated/α-hetero) is 1. The molecule has 1 N–H and O–H groups in total. The standard InChI is InChI=1S/C19H15Cl2N3O4/c20-12-8-9-13(15(21)10-12)14(11-22)18(25)6-3-7-19(26)23-16-4-1-2-5-17(16)24(27)28/h1-2,4-5,8-10,14H,3,6-7H2,(H,23,26)/t14-/m0/s1. The molecule has 7 nitrogen and oxygen atoms in total. The first-order valence-electron chi connectivity index (χ1n) is 8.24. The second-order valence-corrected chi connectivity index (χ2v) is 6.71. The highest BCUT2D eigenvalue weighted by Crippen LogP contribution is 2.29. The van der Waals surface area contributed by atoms with Crippen molar-refractivity contribution in [2.24, 2.45) is 0 Å². The van der Waals surface area contributed by atoms with Gasteiger partial charge in [-0.2, -0.15) is 5.26 Å². The maximum absolute atomic E-state index is 12.4. The Kier molecular flexibility index (Phi) is 7.50. The Bertz CT molecular complexity index is 956. The van der Waals surface area contributed by atoms with E-state index in [1.807, 2.05) is 6.07 Å². The van der Waals surface area contributed by atoms with Gasteiger partial charge in [-0.3, -0.25) is 19.7 Å². The van der Waals surface area contributed by atoms with Crippen LogP contribution in [0.15, 0.2) is 42.5 Å². The monoisotopic (exact) mass is 419 g/mol. The van der Waals surface area contributed by atoms with E-state index in [9.17, 15) is 25.0 Å². The molecule has 0 saturated heterocycles. The van der Waals surface area contributed by atoms with Crippen LogP contribution in [0.3, 0.4) is 0 Å². The molecule has 0 aliphatic heterocycles. The Morgan fingerprint density at radius 3 is 2.54 bits per heavy atom. The number of hydrogen-bond donors (Lipinski definition) is 1. The topological polar surface area (TPSA) is 113 Å². The number of halogens is 2. The third-order valence-electron chi connectivity index (χ3n) is 3.93. The highest BCUT2D eigenvalue weighted by molar-refractivity contribution is 6.35. The molecule has 0 aromatic heterocycles. The zero-order valence-electron chi connectivity index (χ0n) is 14.5. The second kappa shape index (κ2) is 9.83. The predicted octanol–water partition coefficient (Wildman–Crippen LogP) is 4.89. The highest BCUT2D eigenvalue weighted by atomic mass is 35.5. The number of ketones is 1. The molecule has 0 radical (unpaired) electrons. The minimum atomic E-state index is -1.05. The van der Waals surface area contributed by atoms with Crippen LogP contribution < -0.4 is 5.32 Å². The Balaban J connectivity index is 1.93. The van der Waals surface area contributed by atoms with Crippen LogP contribution in [0.5, 0.6) is 0 Å². The quantitative estimate of drug-likeness (QED) is 0.483. The molecule has 0 unspecified atom stereocenters. The van der Waals surface area contributed by atoms with Crippen molar-refractivity contribution in [3.63, 3.8) is 0 Å². The van der Waals surface area contributed by atoms with Crippen molar-refractivity contribution in [3.05, 3.63) is 68.2 Å². The molecule has 2 rings (SSSR count). The molecule has 144 valence electrons. The van der Waals surface area contributed by atoms with Crippen LogP contribution in [0.2, 0.25) is 10.0 Å². The molecule has 0 bridgehead atoms. The molecule has 0 saturated carbocycles. The van der Waals surface area contributed by atoms with Gasteiger partial charge in [0.25, 0.3) is 5.69 Å². The molecule has 28 heavy (non-hydrogen) atoms. The average Bonchev–Trinajstić information content (AvgIpc) is 2.64. The van der Waals surface area contributed by atoms with Crippen LogP contribution in [0, 0.1) is 21.4 Å². The van der Waals surface area contributed by atoms with Gasteiger partial charge in [0.15, 0.2) is 5.78 Å². The van der Waals surface area contributed by atoms with Gasteiger partial charge in [0.05, 0.1) is 11.0 Å². The van der Waals surface area contributed by atoms with Gasteiger partial charge in [-0.15, -0.1) is 0 Å². The molecule has 2 aromatic rings. The number of carbonyl (C=O) groups excluding carboxylic acids is 2. The zero-order chi connectivity index (χ0) is 20.7. The number of para-hydroxylation sites is 2. The normalized spacial score (nSPS) is 11.3. The minimum Gasteiger partial charge on any atom is -0.320 e. The molecule has 1 atom stereocenters. The number of benzene rings is 2. The fourth-order valence-corrected chi connectivity index (χ4v) is 3.09. The van der Waals surface area contributed by atoms with E-state index in [-0.39, 0.29) is 41.4 Å². The number of nitro benzene ring substituents is 1. The van der Waals surface area contributed by atoms with E-state index in [0.29, 0.717) is 10.6 Å². The lowest BCUT2D eigenvalue weighted by molar-refractivity contribution is -0.383. The molecule has 9 heteroatoms. The largest absolute Gasteiger partial charge is 0.320 e. The minimum absolute atomic E-state index is 0.0124. The van der Waals surface area contributed by atoms with Crippen molar-refractivity contribution < 1.29 is 14.5 Å². The fourth-order valence-electron chi connectivity index (χ4n) is 2.57. The summed E-state index contributed by atoms with van der Waals surface area (Å²) in [6.45, 7) is 0. The summed E-state index contributed by atoms with van der Waals surface area (Å²) in [5.74, 6) is -1.88. The lowest BCUT2D eigenvalue weighted by Gasteiger charge is -2.11. The van der Waals surface area contributed by atoms with Crippen LogP contribution in [0.1, 0.15) is 30.7 Å². The van der Waals surface area contributed by atoms with Gasteiger partial charge in [-0.05, 0) is 30.2 Å². The van der Waals surface area contributed by atoms with Crippen molar-refractivity contribution in [1.29, 1.82) is 5.26 Å². The number of nitriles is 1. The van der Waals surface area contributed by atoms with Crippen molar-refractivity contribution in [3.8, 4) is 6.07 Å². The summed E-state index contributed by atoms with van der Waals surface area (Å²) in [6, 6.07) is 12.2. The number of carbonyl (C=O) groups is 2. The van der Waals surface area contributed by atoms with E-state index in [1.165, 1.54) is 30.3 Å². The van der Waals surface area contributed by atoms with E-state index in [4.69, 9.17) is 23.2 Å². The van der Waals surface area contributed by atoms with E-state index >= 15 is 0 Å². The Labute approximate surface area is 171 Å². The summed E-state index contributed by atoms with van der Waals surface area (Å²) in [5, 5.41) is 23.4. The van der Waals surface area contributed by atoms with Crippen LogP contribution in [0.25, 0.3) is 0 Å². The molecule has 0 fully saturated rings. The van der Waals surface area contributed by atoms with E-state index < -0.39 is 16.7 Å². The van der Waals surface area contributed by atoms with Gasteiger partial charge in [-0.1, -0.05) is 41.4 Å². The first-order chi connectivity index (χ1) is 13.3. The fraction of sp³-hybridized carbons (Fsp3) is 0.211. The average molecular weight is 420 g/mol. The molecule has 0 heterocycles. The second-order valence-electron chi connectivity index (χ2n) is 5.87. The van der Waals surface area contributed by atoms with Crippen LogP contribution in [0.4, 0.5) is 11.4 Å². The molecule has 2 aromatic carbocycles. The Morgan fingerprint density at radius 2 is 1.89 bits per heavy atom. The number of nitrogens with one attached hydrogen (secondary N) is 1. The van der Waals surface area contributed by atoms with Gasteiger partial charge in [0.1, 0.15) is 11.6 Å². The lowest BCUT2D eigenvalue weighted by atomic mass is 9.93.